The molecule has 0 fully saturated rings. The Morgan fingerprint density at radius 1 is 1.24 bits per heavy atom. The fourth-order valence-electron chi connectivity index (χ4n) is 1.21. The minimum Gasteiger partial charge on any atom is -0.480 e. The second kappa shape index (κ2) is 9.47. The molecule has 0 aliphatic heterocycles. The predicted octanol–water partition coefficient (Wildman–Crippen LogP) is 1.24. The Balaban J connectivity index is 4.07. The molecule has 0 spiro atoms. The minimum absolute atomic E-state index is 0.0278. The second-order valence-electron chi connectivity index (χ2n) is 3.65. The van der Waals surface area contributed by atoms with E-state index in [4.69, 9.17) is 5.11 Å². The molecule has 0 aliphatic rings. The summed E-state index contributed by atoms with van der Waals surface area (Å²) in [5.74, 6) is 0.514. The Bertz CT molecular complexity index is 252. The quantitative estimate of drug-likeness (QED) is 0.623. The third-order valence-electron chi connectivity index (χ3n) is 2.01. The Kier molecular flexibility index (Phi) is 9.16. The third-order valence-corrected chi connectivity index (χ3v) is 3.49. The number of hydrogen-bond donors (Lipinski definition) is 3. The number of aliphatic carboxylic acids is 1. The molecule has 100 valence electrons. The number of rotatable bonds is 8. The molecular formula is C10H20N2O3S2. The summed E-state index contributed by atoms with van der Waals surface area (Å²) in [5.41, 5.74) is 0. The summed E-state index contributed by atoms with van der Waals surface area (Å²) in [5, 5.41) is 14.1. The zero-order chi connectivity index (χ0) is 13.3. The van der Waals surface area contributed by atoms with E-state index in [1.165, 1.54) is 0 Å². The number of thioether (sulfide) groups is 2. The summed E-state index contributed by atoms with van der Waals surface area (Å²) in [6.45, 7) is 1.88. The van der Waals surface area contributed by atoms with Crippen LogP contribution in [0.3, 0.4) is 0 Å². The molecule has 0 bridgehead atoms. The number of carbonyl (C=O) groups is 2. The van der Waals surface area contributed by atoms with Crippen LogP contribution in [0.2, 0.25) is 0 Å². The minimum atomic E-state index is -0.994. The lowest BCUT2D eigenvalue weighted by molar-refractivity contribution is -0.139. The van der Waals surface area contributed by atoms with E-state index in [9.17, 15) is 9.59 Å². The van der Waals surface area contributed by atoms with Crippen LogP contribution in [0.1, 0.15) is 13.3 Å². The maximum absolute atomic E-state index is 11.5. The van der Waals surface area contributed by atoms with Gasteiger partial charge in [0.2, 0.25) is 0 Å². The number of carboxylic acids is 1. The number of carboxylic acid groups (broad SMARTS) is 1. The highest BCUT2D eigenvalue weighted by molar-refractivity contribution is 7.98. The summed E-state index contributed by atoms with van der Waals surface area (Å²) in [6, 6.07) is -1.20. The van der Waals surface area contributed by atoms with Gasteiger partial charge in [-0.3, -0.25) is 0 Å². The van der Waals surface area contributed by atoms with Crippen molar-refractivity contribution in [3.63, 3.8) is 0 Å². The molecule has 0 aromatic rings. The van der Waals surface area contributed by atoms with Gasteiger partial charge in [0.05, 0.1) is 0 Å². The predicted molar refractivity (Wildman–Crippen MR) is 73.9 cm³/mol. The van der Waals surface area contributed by atoms with Crippen molar-refractivity contribution in [2.24, 2.45) is 0 Å². The summed E-state index contributed by atoms with van der Waals surface area (Å²) in [7, 11) is 0. The summed E-state index contributed by atoms with van der Waals surface area (Å²) < 4.78 is 0. The van der Waals surface area contributed by atoms with Gasteiger partial charge >= 0.3 is 12.0 Å². The average molecular weight is 280 g/mol. The normalized spacial score (nSPS) is 13.8. The van der Waals surface area contributed by atoms with Crippen LogP contribution in [0.15, 0.2) is 0 Å². The molecule has 0 aromatic heterocycles. The molecular weight excluding hydrogens is 260 g/mol. The highest BCUT2D eigenvalue weighted by Crippen LogP contribution is 2.01. The van der Waals surface area contributed by atoms with E-state index in [2.05, 4.69) is 10.6 Å². The fourth-order valence-corrected chi connectivity index (χ4v) is 2.26. The fraction of sp³-hybridized carbons (Fsp3) is 0.800. The van der Waals surface area contributed by atoms with Gasteiger partial charge in [-0.1, -0.05) is 0 Å². The van der Waals surface area contributed by atoms with Gasteiger partial charge in [-0.15, -0.1) is 0 Å². The van der Waals surface area contributed by atoms with Crippen LogP contribution in [0.4, 0.5) is 4.79 Å². The molecule has 2 atom stereocenters. The maximum Gasteiger partial charge on any atom is 0.326 e. The van der Waals surface area contributed by atoms with Crippen LogP contribution >= 0.6 is 23.5 Å². The topological polar surface area (TPSA) is 78.4 Å². The lowest BCUT2D eigenvalue weighted by Gasteiger charge is -2.17. The van der Waals surface area contributed by atoms with Crippen LogP contribution in [-0.4, -0.2) is 53.2 Å². The molecule has 3 N–H and O–H groups in total. The van der Waals surface area contributed by atoms with E-state index in [-0.39, 0.29) is 6.04 Å². The molecule has 0 radical (unpaired) electrons. The Morgan fingerprint density at radius 3 is 2.35 bits per heavy atom. The molecule has 0 saturated heterocycles. The highest BCUT2D eigenvalue weighted by atomic mass is 32.2. The Labute approximate surface area is 110 Å². The van der Waals surface area contributed by atoms with E-state index in [1.54, 1.807) is 23.5 Å². The van der Waals surface area contributed by atoms with Gasteiger partial charge in [-0.2, -0.15) is 23.5 Å². The first-order chi connectivity index (χ1) is 8.01. The molecule has 1 unspecified atom stereocenters. The number of urea groups is 1. The lowest BCUT2D eigenvalue weighted by Crippen LogP contribution is -2.49. The van der Waals surface area contributed by atoms with E-state index >= 15 is 0 Å². The van der Waals surface area contributed by atoms with Gasteiger partial charge in [0.25, 0.3) is 0 Å². The number of amides is 2. The SMILES string of the molecule is CSCC[C@@H](NC(=O)NC(C)CSC)C(=O)O. The summed E-state index contributed by atoms with van der Waals surface area (Å²) >= 11 is 3.19. The monoisotopic (exact) mass is 280 g/mol. The van der Waals surface area contributed by atoms with Crippen LogP contribution in [0.5, 0.6) is 0 Å². The molecule has 0 aromatic carbocycles. The van der Waals surface area contributed by atoms with Crippen LogP contribution in [0, 0.1) is 0 Å². The zero-order valence-electron chi connectivity index (χ0n) is 10.4. The van der Waals surface area contributed by atoms with E-state index in [0.29, 0.717) is 12.2 Å². The van der Waals surface area contributed by atoms with Crippen molar-refractivity contribution < 1.29 is 14.7 Å². The Morgan fingerprint density at radius 2 is 1.88 bits per heavy atom. The van der Waals surface area contributed by atoms with E-state index < -0.39 is 18.0 Å². The van der Waals surface area contributed by atoms with Crippen molar-refractivity contribution in [2.45, 2.75) is 25.4 Å². The van der Waals surface area contributed by atoms with Gasteiger partial charge in [-0.25, -0.2) is 9.59 Å². The molecule has 0 saturated carbocycles. The zero-order valence-corrected chi connectivity index (χ0v) is 12.0. The average Bonchev–Trinajstić information content (AvgIpc) is 2.23. The molecule has 17 heavy (non-hydrogen) atoms. The van der Waals surface area contributed by atoms with Crippen LogP contribution < -0.4 is 10.6 Å². The summed E-state index contributed by atoms with van der Waals surface area (Å²) in [6.07, 6.45) is 4.29. The molecule has 2 amide bonds. The first kappa shape index (κ1) is 16.4. The summed E-state index contributed by atoms with van der Waals surface area (Å²) in [4.78, 5) is 22.4. The molecule has 0 heterocycles. The number of carbonyl (C=O) groups excluding carboxylic acids is 1. The van der Waals surface area contributed by atoms with Crippen molar-refractivity contribution in [1.29, 1.82) is 0 Å². The molecule has 0 rings (SSSR count). The van der Waals surface area contributed by atoms with Gasteiger partial charge in [0, 0.05) is 11.8 Å². The standard InChI is InChI=1S/C10H20N2O3S2/c1-7(6-17-3)11-10(15)12-8(9(13)14)4-5-16-2/h7-8H,4-6H2,1-3H3,(H,13,14)(H2,11,12,15)/t7?,8-/m1/s1. The van der Waals surface area contributed by atoms with Crippen molar-refractivity contribution in [1.82, 2.24) is 10.6 Å². The largest absolute Gasteiger partial charge is 0.480 e. The smallest absolute Gasteiger partial charge is 0.326 e. The lowest BCUT2D eigenvalue weighted by atomic mass is 10.2. The van der Waals surface area contributed by atoms with Crippen molar-refractivity contribution in [3.8, 4) is 0 Å². The Hall–Kier alpha value is -0.560. The van der Waals surface area contributed by atoms with Crippen LogP contribution in [0.25, 0.3) is 0 Å². The van der Waals surface area contributed by atoms with Crippen molar-refractivity contribution in [3.05, 3.63) is 0 Å². The number of hydrogen-bond acceptors (Lipinski definition) is 4. The van der Waals surface area contributed by atoms with Gasteiger partial charge < -0.3 is 15.7 Å². The van der Waals surface area contributed by atoms with Gasteiger partial charge in [0.1, 0.15) is 6.04 Å². The molecule has 7 heteroatoms. The molecule has 5 nitrogen and oxygen atoms in total. The van der Waals surface area contributed by atoms with Gasteiger partial charge in [0.15, 0.2) is 0 Å². The second-order valence-corrected chi connectivity index (χ2v) is 5.54. The van der Waals surface area contributed by atoms with Crippen molar-refractivity contribution >= 4 is 35.5 Å². The van der Waals surface area contributed by atoms with Gasteiger partial charge in [-0.05, 0) is 31.6 Å². The number of nitrogens with one attached hydrogen (secondary N) is 2. The van der Waals surface area contributed by atoms with E-state index in [0.717, 1.165) is 5.75 Å². The first-order valence-electron chi connectivity index (χ1n) is 5.29. The van der Waals surface area contributed by atoms with E-state index in [1.807, 2.05) is 19.4 Å². The first-order valence-corrected chi connectivity index (χ1v) is 8.07. The highest BCUT2D eigenvalue weighted by Gasteiger charge is 2.19. The molecule has 0 aliphatic carbocycles. The third kappa shape index (κ3) is 8.20. The van der Waals surface area contributed by atoms with Crippen molar-refractivity contribution in [2.75, 3.05) is 24.0 Å². The maximum atomic E-state index is 11.5. The van der Waals surface area contributed by atoms with Crippen LogP contribution in [-0.2, 0) is 4.79 Å².